The Morgan fingerprint density at radius 3 is 2.71 bits per heavy atom. The van der Waals surface area contributed by atoms with Crippen molar-refractivity contribution in [3.63, 3.8) is 0 Å². The Labute approximate surface area is 134 Å². The molecule has 2 nitrogen and oxygen atoms in total. The molecule has 3 rings (SSSR count). The maximum absolute atomic E-state index is 6.36. The van der Waals surface area contributed by atoms with E-state index in [4.69, 9.17) is 33.7 Å². The van der Waals surface area contributed by atoms with E-state index in [1.54, 1.807) is 6.07 Å². The molecule has 110 valence electrons. The molecule has 2 N–H and O–H groups in total. The fourth-order valence-electron chi connectivity index (χ4n) is 2.85. The van der Waals surface area contributed by atoms with E-state index in [0.29, 0.717) is 16.6 Å². The summed E-state index contributed by atoms with van der Waals surface area (Å²) in [4.78, 5) is 0. The van der Waals surface area contributed by atoms with E-state index in [0.717, 1.165) is 29.7 Å². The first-order valence-corrected chi connectivity index (χ1v) is 7.79. The van der Waals surface area contributed by atoms with E-state index in [9.17, 15) is 0 Å². The van der Waals surface area contributed by atoms with Crippen molar-refractivity contribution in [1.29, 1.82) is 0 Å². The number of hydrogen-bond donors (Lipinski definition) is 1. The quantitative estimate of drug-likeness (QED) is 0.895. The summed E-state index contributed by atoms with van der Waals surface area (Å²) in [6.45, 7) is 2.72. The average Bonchev–Trinajstić information content (AvgIpc) is 2.81. The minimum absolute atomic E-state index is 0.164. The van der Waals surface area contributed by atoms with Gasteiger partial charge in [0, 0.05) is 22.6 Å². The molecule has 2 aromatic carbocycles. The molecule has 1 aliphatic heterocycles. The Morgan fingerprint density at radius 1 is 1.19 bits per heavy atom. The lowest BCUT2D eigenvalue weighted by Gasteiger charge is -2.13. The summed E-state index contributed by atoms with van der Waals surface area (Å²) >= 11 is 12.3. The van der Waals surface area contributed by atoms with Crippen LogP contribution in [0.2, 0.25) is 10.0 Å². The predicted octanol–water partition coefficient (Wildman–Crippen LogP) is 4.62. The van der Waals surface area contributed by atoms with Crippen molar-refractivity contribution in [3.8, 4) is 16.9 Å². The average molecular weight is 322 g/mol. The second-order valence-electron chi connectivity index (χ2n) is 5.45. The van der Waals surface area contributed by atoms with E-state index in [1.807, 2.05) is 12.1 Å². The summed E-state index contributed by atoms with van der Waals surface area (Å²) < 4.78 is 6.10. The summed E-state index contributed by atoms with van der Waals surface area (Å²) in [5.74, 6) is 0.934. The molecule has 2 aromatic rings. The molecule has 0 aromatic heterocycles. The maximum atomic E-state index is 6.36. The van der Waals surface area contributed by atoms with Gasteiger partial charge in [-0.3, -0.25) is 0 Å². The van der Waals surface area contributed by atoms with E-state index >= 15 is 0 Å². The Hall–Kier alpha value is -1.22. The van der Waals surface area contributed by atoms with Crippen LogP contribution in [0.1, 0.15) is 17.5 Å². The van der Waals surface area contributed by atoms with Gasteiger partial charge in [-0.05, 0) is 49.2 Å². The van der Waals surface area contributed by atoms with E-state index in [1.165, 1.54) is 11.1 Å². The standard InChI is InChI=1S/C17H17Cl2NO/c1-10-6-11-8-13(4-5-20)21-17(11)15(7-10)14-3-2-12(18)9-16(14)19/h2-3,6-7,9,13H,4-5,8,20H2,1H3. The SMILES string of the molecule is Cc1cc2c(c(-c3ccc(Cl)cc3Cl)c1)OC(CCN)C2. The molecule has 0 saturated heterocycles. The third-order valence-electron chi connectivity index (χ3n) is 3.75. The Balaban J connectivity index is 2.08. The number of rotatable bonds is 3. The number of benzene rings is 2. The van der Waals surface area contributed by atoms with Crippen molar-refractivity contribution in [2.45, 2.75) is 25.9 Å². The third-order valence-corrected chi connectivity index (χ3v) is 4.30. The van der Waals surface area contributed by atoms with Crippen LogP contribution in [0.4, 0.5) is 0 Å². The van der Waals surface area contributed by atoms with Crippen LogP contribution in [0.25, 0.3) is 11.1 Å². The highest BCUT2D eigenvalue weighted by atomic mass is 35.5. The van der Waals surface area contributed by atoms with E-state index < -0.39 is 0 Å². The van der Waals surface area contributed by atoms with Gasteiger partial charge in [0.05, 0.1) is 5.02 Å². The topological polar surface area (TPSA) is 35.2 Å². The van der Waals surface area contributed by atoms with Crippen molar-refractivity contribution < 1.29 is 4.74 Å². The Morgan fingerprint density at radius 2 is 2.00 bits per heavy atom. The highest BCUT2D eigenvalue weighted by Crippen LogP contribution is 2.43. The first-order valence-electron chi connectivity index (χ1n) is 7.04. The van der Waals surface area contributed by atoms with Gasteiger partial charge in [0.15, 0.2) is 0 Å². The summed E-state index contributed by atoms with van der Waals surface area (Å²) in [6, 6.07) is 9.85. The molecule has 1 heterocycles. The number of hydrogen-bond acceptors (Lipinski definition) is 2. The highest BCUT2D eigenvalue weighted by molar-refractivity contribution is 6.36. The van der Waals surface area contributed by atoms with Crippen LogP contribution in [0, 0.1) is 6.92 Å². The molecule has 1 unspecified atom stereocenters. The fourth-order valence-corrected chi connectivity index (χ4v) is 3.36. The van der Waals surface area contributed by atoms with Gasteiger partial charge in [-0.25, -0.2) is 0 Å². The number of fused-ring (bicyclic) bond motifs is 1. The molecular formula is C17H17Cl2NO. The molecule has 4 heteroatoms. The van der Waals surface area contributed by atoms with Crippen molar-refractivity contribution in [2.75, 3.05) is 6.54 Å². The molecule has 21 heavy (non-hydrogen) atoms. The Kier molecular flexibility index (Phi) is 4.12. The molecule has 0 bridgehead atoms. The summed E-state index contributed by atoms with van der Waals surface area (Å²) in [5, 5.41) is 1.27. The predicted molar refractivity (Wildman–Crippen MR) is 88.4 cm³/mol. The van der Waals surface area contributed by atoms with Crippen LogP contribution in [0.15, 0.2) is 30.3 Å². The first-order chi connectivity index (χ1) is 10.1. The lowest BCUT2D eigenvalue weighted by atomic mass is 9.97. The lowest BCUT2D eigenvalue weighted by molar-refractivity contribution is 0.225. The van der Waals surface area contributed by atoms with Crippen molar-refractivity contribution >= 4 is 23.2 Å². The summed E-state index contributed by atoms with van der Waals surface area (Å²) in [7, 11) is 0. The monoisotopic (exact) mass is 321 g/mol. The minimum atomic E-state index is 0.164. The summed E-state index contributed by atoms with van der Waals surface area (Å²) in [5.41, 5.74) is 10.1. The largest absolute Gasteiger partial charge is 0.489 e. The van der Waals surface area contributed by atoms with E-state index in [-0.39, 0.29) is 6.10 Å². The molecular weight excluding hydrogens is 305 g/mol. The second kappa shape index (κ2) is 5.88. The van der Waals surface area contributed by atoms with Crippen LogP contribution in [0.3, 0.4) is 0 Å². The smallest absolute Gasteiger partial charge is 0.130 e. The number of nitrogens with two attached hydrogens (primary N) is 1. The van der Waals surface area contributed by atoms with Crippen molar-refractivity contribution in [1.82, 2.24) is 0 Å². The molecule has 0 radical (unpaired) electrons. The normalized spacial score (nSPS) is 16.7. The number of aryl methyl sites for hydroxylation is 1. The first kappa shape index (κ1) is 14.7. The zero-order chi connectivity index (χ0) is 15.0. The minimum Gasteiger partial charge on any atom is -0.489 e. The van der Waals surface area contributed by atoms with Gasteiger partial charge in [-0.15, -0.1) is 0 Å². The summed E-state index contributed by atoms with van der Waals surface area (Å²) in [6.07, 6.45) is 1.94. The lowest BCUT2D eigenvalue weighted by Crippen LogP contribution is -2.17. The van der Waals surface area contributed by atoms with Gasteiger partial charge in [-0.1, -0.05) is 35.3 Å². The van der Waals surface area contributed by atoms with Crippen LogP contribution < -0.4 is 10.5 Å². The van der Waals surface area contributed by atoms with E-state index in [2.05, 4.69) is 19.1 Å². The zero-order valence-corrected chi connectivity index (χ0v) is 13.3. The van der Waals surface area contributed by atoms with Gasteiger partial charge >= 0.3 is 0 Å². The second-order valence-corrected chi connectivity index (χ2v) is 6.29. The van der Waals surface area contributed by atoms with Crippen LogP contribution >= 0.6 is 23.2 Å². The van der Waals surface area contributed by atoms with Gasteiger partial charge in [0.1, 0.15) is 11.9 Å². The molecule has 0 saturated carbocycles. The van der Waals surface area contributed by atoms with Gasteiger partial charge in [0.2, 0.25) is 0 Å². The fraction of sp³-hybridized carbons (Fsp3) is 0.294. The van der Waals surface area contributed by atoms with Gasteiger partial charge < -0.3 is 10.5 Å². The van der Waals surface area contributed by atoms with Gasteiger partial charge in [0.25, 0.3) is 0 Å². The molecule has 1 atom stereocenters. The third kappa shape index (κ3) is 2.89. The molecule has 0 spiro atoms. The zero-order valence-electron chi connectivity index (χ0n) is 11.8. The van der Waals surface area contributed by atoms with Crippen molar-refractivity contribution in [2.24, 2.45) is 5.73 Å². The van der Waals surface area contributed by atoms with Crippen LogP contribution in [-0.4, -0.2) is 12.6 Å². The maximum Gasteiger partial charge on any atom is 0.130 e. The molecule has 1 aliphatic rings. The van der Waals surface area contributed by atoms with Crippen LogP contribution in [-0.2, 0) is 6.42 Å². The Bertz CT molecular complexity index is 685. The highest BCUT2D eigenvalue weighted by Gasteiger charge is 2.26. The molecule has 0 aliphatic carbocycles. The molecule has 0 fully saturated rings. The van der Waals surface area contributed by atoms with Crippen LogP contribution in [0.5, 0.6) is 5.75 Å². The van der Waals surface area contributed by atoms with Crippen molar-refractivity contribution in [3.05, 3.63) is 51.5 Å². The van der Waals surface area contributed by atoms with Gasteiger partial charge in [-0.2, -0.15) is 0 Å². The molecule has 0 amide bonds. The number of halogens is 2. The number of ether oxygens (including phenoxy) is 1.